The van der Waals surface area contributed by atoms with E-state index in [4.69, 9.17) is 5.21 Å². The van der Waals surface area contributed by atoms with Crippen LogP contribution in [-0.2, 0) is 4.79 Å². The maximum absolute atomic E-state index is 11.5. The van der Waals surface area contributed by atoms with Gasteiger partial charge >= 0.3 is 11.7 Å². The minimum absolute atomic E-state index is 0.0821. The topological polar surface area (TPSA) is 90.5 Å². The molecule has 0 radical (unpaired) electrons. The van der Waals surface area contributed by atoms with Gasteiger partial charge in [0, 0.05) is 5.56 Å². The minimum atomic E-state index is -1.12. The summed E-state index contributed by atoms with van der Waals surface area (Å²) < 4.78 is 0.419. The maximum atomic E-state index is 11.5. The summed E-state index contributed by atoms with van der Waals surface area (Å²) in [5.74, 6) is -1.22. The Balaban J connectivity index is 3.29. The summed E-state index contributed by atoms with van der Waals surface area (Å²) in [4.78, 5) is 38.6. The van der Waals surface area contributed by atoms with E-state index < -0.39 is 23.1 Å². The van der Waals surface area contributed by atoms with Crippen LogP contribution in [0.5, 0.6) is 0 Å². The summed E-state index contributed by atoms with van der Waals surface area (Å²) in [5.41, 5.74) is -1.81. The molecule has 16 heavy (non-hydrogen) atoms. The zero-order valence-electron chi connectivity index (χ0n) is 9.13. The third-order valence-electron chi connectivity index (χ3n) is 1.86. The molecule has 0 saturated carbocycles. The van der Waals surface area contributed by atoms with Gasteiger partial charge in [-0.3, -0.25) is 4.79 Å². The Hall–Kier alpha value is -2.05. The van der Waals surface area contributed by atoms with Crippen LogP contribution in [0.25, 0.3) is 0 Å². The Kier molecular flexibility index (Phi) is 3.17. The number of carbonyl (C=O) groups is 1. The Bertz CT molecular complexity index is 491. The molecule has 0 fully saturated rings. The highest BCUT2D eigenvalue weighted by Gasteiger charge is 2.15. The van der Waals surface area contributed by atoms with Crippen molar-refractivity contribution < 1.29 is 14.8 Å². The standard InChI is InChI=1S/C9H12N2O5/c1-5(2)8(13)16-11-7(12)6(3)4-10(15)9(11)14/h4-5,15H,1-3H3. The number of aryl methyl sites for hydroxylation is 1. The molecule has 0 aliphatic heterocycles. The second-order valence-corrected chi connectivity index (χ2v) is 3.60. The lowest BCUT2D eigenvalue weighted by Gasteiger charge is -2.08. The molecule has 7 nitrogen and oxygen atoms in total. The number of hydrogen-bond acceptors (Lipinski definition) is 5. The van der Waals surface area contributed by atoms with Gasteiger partial charge in [-0.2, -0.15) is 0 Å². The number of carbonyl (C=O) groups excluding carboxylic acids is 1. The van der Waals surface area contributed by atoms with Crippen LogP contribution in [0.3, 0.4) is 0 Å². The first-order valence-electron chi connectivity index (χ1n) is 4.61. The van der Waals surface area contributed by atoms with Crippen LogP contribution < -0.4 is 16.1 Å². The second-order valence-electron chi connectivity index (χ2n) is 3.60. The molecule has 0 amide bonds. The second kappa shape index (κ2) is 4.21. The Morgan fingerprint density at radius 2 is 2.00 bits per heavy atom. The molecule has 0 atom stereocenters. The molecule has 1 heterocycles. The monoisotopic (exact) mass is 228 g/mol. The number of rotatable bonds is 2. The average Bonchev–Trinajstić information content (AvgIpc) is 2.21. The smallest absolute Gasteiger partial charge is 0.397 e. The highest BCUT2D eigenvalue weighted by atomic mass is 16.7. The van der Waals surface area contributed by atoms with Crippen molar-refractivity contribution in [3.05, 3.63) is 32.6 Å². The molecule has 0 aliphatic carbocycles. The van der Waals surface area contributed by atoms with Crippen molar-refractivity contribution in [3.8, 4) is 0 Å². The van der Waals surface area contributed by atoms with Gasteiger partial charge in [0.25, 0.3) is 5.56 Å². The van der Waals surface area contributed by atoms with Crippen molar-refractivity contribution in [2.75, 3.05) is 0 Å². The Morgan fingerprint density at radius 1 is 1.44 bits per heavy atom. The molecule has 1 N–H and O–H groups in total. The molecular formula is C9H12N2O5. The summed E-state index contributed by atoms with van der Waals surface area (Å²) in [6.45, 7) is 4.50. The van der Waals surface area contributed by atoms with E-state index in [0.29, 0.717) is 0 Å². The molecule has 0 unspecified atom stereocenters. The van der Waals surface area contributed by atoms with Crippen molar-refractivity contribution in [2.45, 2.75) is 20.8 Å². The van der Waals surface area contributed by atoms with Crippen LogP contribution in [0, 0.1) is 12.8 Å². The van der Waals surface area contributed by atoms with Crippen LogP contribution >= 0.6 is 0 Å². The highest BCUT2D eigenvalue weighted by Crippen LogP contribution is 1.91. The molecule has 0 bridgehead atoms. The van der Waals surface area contributed by atoms with Gasteiger partial charge in [-0.15, -0.1) is 4.73 Å². The zero-order chi connectivity index (χ0) is 12.5. The van der Waals surface area contributed by atoms with Crippen molar-refractivity contribution in [1.82, 2.24) is 9.46 Å². The fraction of sp³-hybridized carbons (Fsp3) is 0.444. The SMILES string of the molecule is Cc1cn(O)c(=O)n(OC(=O)C(C)C)c1=O. The van der Waals surface area contributed by atoms with E-state index in [1.807, 2.05) is 0 Å². The summed E-state index contributed by atoms with van der Waals surface area (Å²) in [6.07, 6.45) is 0.949. The number of nitrogens with zero attached hydrogens (tertiary/aromatic N) is 2. The molecule has 1 rings (SSSR count). The molecular weight excluding hydrogens is 216 g/mol. The largest absolute Gasteiger partial charge is 0.424 e. The molecule has 0 spiro atoms. The van der Waals surface area contributed by atoms with Crippen molar-refractivity contribution in [3.63, 3.8) is 0 Å². The maximum Gasteiger partial charge on any atom is 0.397 e. The predicted octanol–water partition coefficient (Wildman–Crippen LogP) is -0.833. The number of aromatic nitrogens is 2. The quantitative estimate of drug-likeness (QED) is 0.667. The third kappa shape index (κ3) is 2.13. The van der Waals surface area contributed by atoms with E-state index >= 15 is 0 Å². The van der Waals surface area contributed by atoms with Crippen LogP contribution in [0.4, 0.5) is 0 Å². The molecule has 0 saturated heterocycles. The van der Waals surface area contributed by atoms with Crippen LogP contribution in [0.1, 0.15) is 19.4 Å². The third-order valence-corrected chi connectivity index (χ3v) is 1.86. The van der Waals surface area contributed by atoms with E-state index in [-0.39, 0.29) is 15.0 Å². The summed E-state index contributed by atoms with van der Waals surface area (Å²) in [7, 11) is 0. The lowest BCUT2D eigenvalue weighted by Crippen LogP contribution is -2.46. The lowest BCUT2D eigenvalue weighted by molar-refractivity contribution is -0.149. The van der Waals surface area contributed by atoms with Gasteiger partial charge in [0.05, 0.1) is 12.1 Å². The Labute approximate surface area is 90.4 Å². The first-order valence-corrected chi connectivity index (χ1v) is 4.61. The van der Waals surface area contributed by atoms with E-state index in [2.05, 4.69) is 4.84 Å². The zero-order valence-corrected chi connectivity index (χ0v) is 9.13. The summed E-state index contributed by atoms with van der Waals surface area (Å²) in [5, 5.41) is 9.11. The van der Waals surface area contributed by atoms with Crippen molar-refractivity contribution >= 4 is 5.97 Å². The fourth-order valence-corrected chi connectivity index (χ4v) is 0.910. The van der Waals surface area contributed by atoms with E-state index in [1.54, 1.807) is 13.8 Å². The molecule has 7 heteroatoms. The van der Waals surface area contributed by atoms with Crippen LogP contribution in [0.2, 0.25) is 0 Å². The van der Waals surface area contributed by atoms with Crippen LogP contribution in [-0.4, -0.2) is 20.6 Å². The predicted molar refractivity (Wildman–Crippen MR) is 53.3 cm³/mol. The van der Waals surface area contributed by atoms with Crippen molar-refractivity contribution in [1.29, 1.82) is 0 Å². The highest BCUT2D eigenvalue weighted by molar-refractivity contribution is 5.71. The fourth-order valence-electron chi connectivity index (χ4n) is 0.910. The molecule has 88 valence electrons. The normalized spacial score (nSPS) is 10.5. The lowest BCUT2D eigenvalue weighted by atomic mass is 10.2. The molecule has 0 aromatic carbocycles. The number of hydrogen-bond donors (Lipinski definition) is 1. The van der Waals surface area contributed by atoms with Gasteiger partial charge < -0.3 is 10.0 Å². The van der Waals surface area contributed by atoms with Gasteiger partial charge in [-0.25, -0.2) is 9.59 Å². The minimum Gasteiger partial charge on any atom is -0.424 e. The first kappa shape index (κ1) is 12.0. The molecule has 1 aromatic rings. The summed E-state index contributed by atoms with van der Waals surface area (Å²) >= 11 is 0. The van der Waals surface area contributed by atoms with Gasteiger partial charge in [0.2, 0.25) is 0 Å². The van der Waals surface area contributed by atoms with Crippen molar-refractivity contribution in [2.24, 2.45) is 5.92 Å². The van der Waals surface area contributed by atoms with Gasteiger partial charge in [-0.05, 0) is 6.92 Å². The average molecular weight is 228 g/mol. The van der Waals surface area contributed by atoms with Gasteiger partial charge in [-0.1, -0.05) is 18.6 Å². The Morgan fingerprint density at radius 3 is 2.50 bits per heavy atom. The van der Waals surface area contributed by atoms with Gasteiger partial charge in [0.15, 0.2) is 0 Å². The molecule has 1 aromatic heterocycles. The first-order chi connectivity index (χ1) is 7.34. The van der Waals surface area contributed by atoms with Crippen LogP contribution in [0.15, 0.2) is 15.8 Å². The summed E-state index contributed by atoms with van der Waals surface area (Å²) in [6, 6.07) is 0. The van der Waals surface area contributed by atoms with E-state index in [9.17, 15) is 14.4 Å². The molecule has 0 aliphatic rings. The van der Waals surface area contributed by atoms with E-state index in [1.165, 1.54) is 6.92 Å². The van der Waals surface area contributed by atoms with Gasteiger partial charge in [0.1, 0.15) is 0 Å². The van der Waals surface area contributed by atoms with E-state index in [0.717, 1.165) is 6.20 Å².